The van der Waals surface area contributed by atoms with Gasteiger partial charge < -0.3 is 0 Å². The highest BCUT2D eigenvalue weighted by Gasteiger charge is 2.24. The fourth-order valence-corrected chi connectivity index (χ4v) is 2.42. The Morgan fingerprint density at radius 2 is 2.06 bits per heavy atom. The van der Waals surface area contributed by atoms with Crippen molar-refractivity contribution in [2.24, 2.45) is 0 Å². The van der Waals surface area contributed by atoms with Crippen molar-refractivity contribution in [1.82, 2.24) is 10.3 Å². The molecule has 0 unspecified atom stereocenters. The van der Waals surface area contributed by atoms with E-state index in [0.717, 1.165) is 28.2 Å². The van der Waals surface area contributed by atoms with Gasteiger partial charge in [-0.1, -0.05) is 18.2 Å². The third kappa shape index (κ3) is 2.00. The molecule has 2 amide bonds. The summed E-state index contributed by atoms with van der Waals surface area (Å²) in [4.78, 5) is 27.1. The van der Waals surface area contributed by atoms with Gasteiger partial charge in [-0.05, 0) is 35.5 Å². The van der Waals surface area contributed by atoms with E-state index >= 15 is 0 Å². The van der Waals surface area contributed by atoms with Crippen LogP contribution in [0.2, 0.25) is 0 Å². The van der Waals surface area contributed by atoms with E-state index in [0.29, 0.717) is 4.91 Å². The van der Waals surface area contributed by atoms with Crippen molar-refractivity contribution in [1.29, 1.82) is 0 Å². The average Bonchev–Trinajstić information content (AvgIpc) is 2.68. The van der Waals surface area contributed by atoms with Crippen molar-refractivity contribution >= 4 is 39.9 Å². The highest BCUT2D eigenvalue weighted by Crippen LogP contribution is 2.26. The number of benzene rings is 1. The Kier molecular flexibility index (Phi) is 2.60. The molecule has 3 rings (SSSR count). The van der Waals surface area contributed by atoms with Crippen molar-refractivity contribution < 1.29 is 9.59 Å². The number of hydrogen-bond acceptors (Lipinski definition) is 4. The molecule has 5 heteroatoms. The number of amides is 2. The molecule has 18 heavy (non-hydrogen) atoms. The topological polar surface area (TPSA) is 59.1 Å². The number of rotatable bonds is 1. The first-order chi connectivity index (χ1) is 8.72. The second-order valence-corrected chi connectivity index (χ2v) is 4.83. The van der Waals surface area contributed by atoms with Gasteiger partial charge in [0.15, 0.2) is 0 Å². The maximum absolute atomic E-state index is 11.4. The molecular formula is C13H8N2O2S. The highest BCUT2D eigenvalue weighted by molar-refractivity contribution is 8.18. The van der Waals surface area contributed by atoms with Gasteiger partial charge in [-0.25, -0.2) is 0 Å². The van der Waals surface area contributed by atoms with Crippen LogP contribution in [0.25, 0.3) is 17.0 Å². The molecule has 0 spiro atoms. The predicted octanol–water partition coefficient (Wildman–Crippen LogP) is 2.56. The molecule has 1 aliphatic rings. The number of thioether (sulfide) groups is 1. The number of pyridine rings is 1. The lowest BCUT2D eigenvalue weighted by Crippen LogP contribution is -2.17. The zero-order chi connectivity index (χ0) is 12.5. The number of hydrogen-bond donors (Lipinski definition) is 1. The average molecular weight is 256 g/mol. The maximum Gasteiger partial charge on any atom is 0.290 e. The second-order valence-electron chi connectivity index (χ2n) is 3.81. The van der Waals surface area contributed by atoms with Crippen LogP contribution in [0.15, 0.2) is 41.4 Å². The predicted molar refractivity (Wildman–Crippen MR) is 70.8 cm³/mol. The summed E-state index contributed by atoms with van der Waals surface area (Å²) in [6.45, 7) is 0. The van der Waals surface area contributed by atoms with Crippen LogP contribution in [0.1, 0.15) is 5.56 Å². The number of nitrogens with one attached hydrogen (secondary N) is 1. The Labute approximate surface area is 107 Å². The van der Waals surface area contributed by atoms with Gasteiger partial charge in [0, 0.05) is 11.6 Å². The molecule has 1 aliphatic heterocycles. The molecule has 2 aromatic rings. The van der Waals surface area contributed by atoms with Crippen LogP contribution in [-0.2, 0) is 4.79 Å². The van der Waals surface area contributed by atoms with Crippen molar-refractivity contribution in [3.05, 3.63) is 47.0 Å². The molecule has 0 radical (unpaired) electrons. The third-order valence-electron chi connectivity index (χ3n) is 2.55. The summed E-state index contributed by atoms with van der Waals surface area (Å²) in [6, 6.07) is 9.67. The zero-order valence-corrected chi connectivity index (χ0v) is 10.0. The maximum atomic E-state index is 11.4. The van der Waals surface area contributed by atoms with Crippen molar-refractivity contribution in [2.45, 2.75) is 0 Å². The molecule has 0 saturated carbocycles. The van der Waals surface area contributed by atoms with Crippen LogP contribution in [0, 0.1) is 0 Å². The Bertz CT molecular complexity index is 694. The van der Waals surface area contributed by atoms with E-state index in [1.165, 1.54) is 0 Å². The summed E-state index contributed by atoms with van der Waals surface area (Å²) < 4.78 is 0. The van der Waals surface area contributed by atoms with Gasteiger partial charge in [0.1, 0.15) is 0 Å². The first-order valence-electron chi connectivity index (χ1n) is 5.32. The highest BCUT2D eigenvalue weighted by atomic mass is 32.2. The first-order valence-corrected chi connectivity index (χ1v) is 6.14. The molecule has 1 saturated heterocycles. The molecule has 1 fully saturated rings. The van der Waals surface area contributed by atoms with E-state index in [9.17, 15) is 9.59 Å². The second kappa shape index (κ2) is 4.27. The molecule has 1 N–H and O–H groups in total. The normalized spacial score (nSPS) is 17.4. The quantitative estimate of drug-likeness (QED) is 0.797. The van der Waals surface area contributed by atoms with E-state index < -0.39 is 0 Å². The van der Waals surface area contributed by atoms with E-state index in [1.54, 1.807) is 12.3 Å². The number of imide groups is 1. The monoisotopic (exact) mass is 256 g/mol. The molecule has 4 nitrogen and oxygen atoms in total. The lowest BCUT2D eigenvalue weighted by atomic mass is 10.1. The molecule has 1 aromatic carbocycles. The van der Waals surface area contributed by atoms with Crippen molar-refractivity contribution in [3.8, 4) is 0 Å². The van der Waals surface area contributed by atoms with Gasteiger partial charge >= 0.3 is 0 Å². The number of carbonyl (C=O) groups is 2. The third-order valence-corrected chi connectivity index (χ3v) is 3.36. The minimum Gasteiger partial charge on any atom is -0.282 e. The summed E-state index contributed by atoms with van der Waals surface area (Å²) >= 11 is 0.908. The van der Waals surface area contributed by atoms with Crippen LogP contribution in [0.5, 0.6) is 0 Å². The van der Waals surface area contributed by atoms with Gasteiger partial charge in [0.05, 0.1) is 10.4 Å². The Morgan fingerprint density at radius 1 is 1.22 bits per heavy atom. The van der Waals surface area contributed by atoms with Gasteiger partial charge in [0.25, 0.3) is 11.1 Å². The van der Waals surface area contributed by atoms with Crippen molar-refractivity contribution in [3.63, 3.8) is 0 Å². The molecule has 0 atom stereocenters. The Hall–Kier alpha value is -2.14. The fourth-order valence-electron chi connectivity index (χ4n) is 1.74. The van der Waals surface area contributed by atoms with Crippen LogP contribution in [-0.4, -0.2) is 16.1 Å². The zero-order valence-electron chi connectivity index (χ0n) is 9.21. The first kappa shape index (κ1) is 11.0. The minimum atomic E-state index is -0.349. The molecular weight excluding hydrogens is 248 g/mol. The van der Waals surface area contributed by atoms with Crippen LogP contribution >= 0.6 is 11.8 Å². The lowest BCUT2D eigenvalue weighted by molar-refractivity contribution is -0.115. The van der Waals surface area contributed by atoms with Crippen molar-refractivity contribution in [2.75, 3.05) is 0 Å². The summed E-state index contributed by atoms with van der Waals surface area (Å²) in [5, 5.41) is 2.89. The van der Waals surface area contributed by atoms with Crippen LogP contribution < -0.4 is 5.32 Å². The van der Waals surface area contributed by atoms with Gasteiger partial charge in [-0.2, -0.15) is 0 Å². The van der Waals surface area contributed by atoms with Gasteiger partial charge in [0.2, 0.25) is 0 Å². The lowest BCUT2D eigenvalue weighted by Gasteiger charge is -1.98. The van der Waals surface area contributed by atoms with E-state index in [2.05, 4.69) is 10.3 Å². The Morgan fingerprint density at radius 3 is 2.83 bits per heavy atom. The molecule has 0 bridgehead atoms. The fraction of sp³-hybridized carbons (Fsp3) is 0. The molecule has 2 heterocycles. The Balaban J connectivity index is 2.02. The molecule has 0 aliphatic carbocycles. The van der Waals surface area contributed by atoms with Crippen LogP contribution in [0.4, 0.5) is 4.79 Å². The van der Waals surface area contributed by atoms with Gasteiger partial charge in [-0.15, -0.1) is 0 Å². The number of fused-ring (bicyclic) bond motifs is 1. The van der Waals surface area contributed by atoms with Crippen LogP contribution in [0.3, 0.4) is 0 Å². The van der Waals surface area contributed by atoms with E-state index in [4.69, 9.17) is 0 Å². The summed E-state index contributed by atoms with van der Waals surface area (Å²) in [5.41, 5.74) is 1.71. The smallest absolute Gasteiger partial charge is 0.282 e. The largest absolute Gasteiger partial charge is 0.290 e. The SMILES string of the molecule is O=C1NC(=O)/C(=C\c2cnc3ccccc3c2)S1. The number of para-hydroxylation sites is 1. The summed E-state index contributed by atoms with van der Waals surface area (Å²) in [6.07, 6.45) is 3.36. The van der Waals surface area contributed by atoms with Gasteiger partial charge in [-0.3, -0.25) is 19.9 Å². The van der Waals surface area contributed by atoms with E-state index in [1.807, 2.05) is 30.3 Å². The minimum absolute atomic E-state index is 0.333. The van der Waals surface area contributed by atoms with E-state index in [-0.39, 0.29) is 11.1 Å². The number of carbonyl (C=O) groups excluding carboxylic acids is 2. The molecule has 88 valence electrons. The number of aromatic nitrogens is 1. The summed E-state index contributed by atoms with van der Waals surface area (Å²) in [5.74, 6) is -0.349. The summed E-state index contributed by atoms with van der Waals surface area (Å²) in [7, 11) is 0. The standard InChI is InChI=1S/C13H8N2O2S/c16-12-11(18-13(17)15-12)6-8-5-9-3-1-2-4-10(9)14-7-8/h1-7H,(H,15,16,17)/b11-6+. The number of nitrogens with zero attached hydrogens (tertiary/aromatic N) is 1. The molecule has 1 aromatic heterocycles.